The predicted octanol–water partition coefficient (Wildman–Crippen LogP) is 6.30. The van der Waals surface area contributed by atoms with E-state index in [2.05, 4.69) is 87.7 Å². The standard InChI is InChI=1S/C23H33NO2Si/c1-23(2,3)27(5,6)26-18-17-25-22-15-11-20(12-16-22)8-7-19-9-13-21(24-4)14-10-19/h7-16,24H,17-18H2,1-6H3/b8-7+. The summed E-state index contributed by atoms with van der Waals surface area (Å²) in [5.41, 5.74) is 3.45. The van der Waals surface area contributed by atoms with Gasteiger partial charge in [0.2, 0.25) is 0 Å². The van der Waals surface area contributed by atoms with Crippen molar-refractivity contribution in [3.05, 3.63) is 59.7 Å². The Hall–Kier alpha value is -2.04. The van der Waals surface area contributed by atoms with Crippen molar-refractivity contribution < 1.29 is 9.16 Å². The lowest BCUT2D eigenvalue weighted by Crippen LogP contribution is -2.41. The highest BCUT2D eigenvalue weighted by atomic mass is 28.4. The van der Waals surface area contributed by atoms with E-state index >= 15 is 0 Å². The fourth-order valence-corrected chi connectivity index (χ4v) is 3.33. The van der Waals surface area contributed by atoms with Crippen LogP contribution in [0.2, 0.25) is 18.1 Å². The molecule has 0 saturated heterocycles. The van der Waals surface area contributed by atoms with Gasteiger partial charge in [-0.25, -0.2) is 0 Å². The molecule has 0 amide bonds. The molecule has 0 spiro atoms. The Labute approximate surface area is 165 Å². The molecule has 0 radical (unpaired) electrons. The lowest BCUT2D eigenvalue weighted by Gasteiger charge is -2.36. The topological polar surface area (TPSA) is 30.5 Å². The van der Waals surface area contributed by atoms with E-state index in [0.29, 0.717) is 13.2 Å². The number of benzene rings is 2. The maximum Gasteiger partial charge on any atom is 0.192 e. The van der Waals surface area contributed by atoms with E-state index in [1.165, 1.54) is 5.56 Å². The predicted molar refractivity (Wildman–Crippen MR) is 120 cm³/mol. The largest absolute Gasteiger partial charge is 0.491 e. The maximum absolute atomic E-state index is 6.14. The molecule has 4 heteroatoms. The molecule has 1 N–H and O–H groups in total. The van der Waals surface area contributed by atoms with Crippen molar-refractivity contribution in [3.8, 4) is 5.75 Å². The Morgan fingerprint density at radius 3 is 1.85 bits per heavy atom. The summed E-state index contributed by atoms with van der Waals surface area (Å²) in [5, 5.41) is 3.36. The lowest BCUT2D eigenvalue weighted by molar-refractivity contribution is 0.203. The van der Waals surface area contributed by atoms with Crippen LogP contribution in [0.3, 0.4) is 0 Å². The summed E-state index contributed by atoms with van der Waals surface area (Å²) < 4.78 is 12.0. The summed E-state index contributed by atoms with van der Waals surface area (Å²) in [5.74, 6) is 0.879. The Bertz CT molecular complexity index is 728. The van der Waals surface area contributed by atoms with Gasteiger partial charge in [0.1, 0.15) is 12.4 Å². The summed E-state index contributed by atoms with van der Waals surface area (Å²) in [7, 11) is 0.230. The van der Waals surface area contributed by atoms with Crippen molar-refractivity contribution in [1.29, 1.82) is 0 Å². The molecule has 0 unspecified atom stereocenters. The number of anilines is 1. The molecule has 27 heavy (non-hydrogen) atoms. The quantitative estimate of drug-likeness (QED) is 0.330. The van der Waals surface area contributed by atoms with Gasteiger partial charge in [-0.05, 0) is 53.5 Å². The molecule has 0 aliphatic heterocycles. The van der Waals surface area contributed by atoms with E-state index in [-0.39, 0.29) is 5.04 Å². The second-order valence-electron chi connectivity index (χ2n) is 8.23. The van der Waals surface area contributed by atoms with Crippen LogP contribution in [0, 0.1) is 0 Å². The molecule has 0 atom stereocenters. The zero-order chi connectivity index (χ0) is 19.9. The van der Waals surface area contributed by atoms with E-state index in [0.717, 1.165) is 17.0 Å². The molecule has 0 aliphatic carbocycles. The molecule has 2 aromatic carbocycles. The molecule has 0 fully saturated rings. The molecule has 0 saturated carbocycles. The minimum Gasteiger partial charge on any atom is -0.491 e. The molecular weight excluding hydrogens is 350 g/mol. The van der Waals surface area contributed by atoms with Crippen molar-refractivity contribution >= 4 is 26.2 Å². The Kier molecular flexibility index (Phi) is 7.28. The molecule has 146 valence electrons. The van der Waals surface area contributed by atoms with Crippen LogP contribution in [-0.2, 0) is 4.43 Å². The van der Waals surface area contributed by atoms with Crippen LogP contribution in [0.4, 0.5) is 5.69 Å². The van der Waals surface area contributed by atoms with Gasteiger partial charge in [-0.1, -0.05) is 57.2 Å². The van der Waals surface area contributed by atoms with Crippen molar-refractivity contribution in [3.63, 3.8) is 0 Å². The third-order valence-electron chi connectivity index (χ3n) is 5.17. The number of ether oxygens (including phenoxy) is 1. The lowest BCUT2D eigenvalue weighted by atomic mass is 10.1. The highest BCUT2D eigenvalue weighted by Gasteiger charge is 2.36. The van der Waals surface area contributed by atoms with Crippen molar-refractivity contribution in [2.75, 3.05) is 25.6 Å². The fraction of sp³-hybridized carbons (Fsp3) is 0.391. The SMILES string of the molecule is CNc1ccc(/C=C/c2ccc(OCCO[Si](C)(C)C(C)(C)C)cc2)cc1. The van der Waals surface area contributed by atoms with E-state index in [1.807, 2.05) is 19.2 Å². The second kappa shape index (κ2) is 9.24. The summed E-state index contributed by atoms with van der Waals surface area (Å²) in [6.07, 6.45) is 4.22. The fourth-order valence-electron chi connectivity index (χ4n) is 2.30. The highest BCUT2D eigenvalue weighted by Crippen LogP contribution is 2.36. The third kappa shape index (κ3) is 6.56. The van der Waals surface area contributed by atoms with E-state index in [4.69, 9.17) is 9.16 Å². The van der Waals surface area contributed by atoms with Gasteiger partial charge in [0.15, 0.2) is 8.32 Å². The summed E-state index contributed by atoms with van der Waals surface area (Å²) in [6.45, 7) is 12.5. The zero-order valence-corrected chi connectivity index (χ0v) is 18.5. The van der Waals surface area contributed by atoms with Crippen molar-refractivity contribution in [1.82, 2.24) is 0 Å². The van der Waals surface area contributed by atoms with Gasteiger partial charge in [0.05, 0.1) is 6.61 Å². The number of hydrogen-bond donors (Lipinski definition) is 1. The Morgan fingerprint density at radius 1 is 0.852 bits per heavy atom. The molecule has 0 aromatic heterocycles. The first-order chi connectivity index (χ1) is 12.7. The van der Waals surface area contributed by atoms with Gasteiger partial charge in [-0.3, -0.25) is 0 Å². The first kappa shape index (κ1) is 21.3. The molecule has 2 aromatic rings. The van der Waals surface area contributed by atoms with Crippen LogP contribution in [0.5, 0.6) is 5.75 Å². The maximum atomic E-state index is 6.14. The van der Waals surface area contributed by atoms with Crippen LogP contribution < -0.4 is 10.1 Å². The number of rotatable bonds is 8. The van der Waals surface area contributed by atoms with E-state index in [1.54, 1.807) is 0 Å². The Morgan fingerprint density at radius 2 is 1.37 bits per heavy atom. The minimum absolute atomic E-state index is 0.231. The minimum atomic E-state index is -1.69. The first-order valence-corrected chi connectivity index (χ1v) is 12.4. The third-order valence-corrected chi connectivity index (χ3v) is 9.71. The van der Waals surface area contributed by atoms with Gasteiger partial charge >= 0.3 is 0 Å². The van der Waals surface area contributed by atoms with Crippen LogP contribution in [-0.4, -0.2) is 28.6 Å². The summed E-state index contributed by atoms with van der Waals surface area (Å²) in [6, 6.07) is 16.5. The Balaban J connectivity index is 1.82. The van der Waals surface area contributed by atoms with Gasteiger partial charge in [-0.15, -0.1) is 0 Å². The molecule has 0 bridgehead atoms. The van der Waals surface area contributed by atoms with E-state index in [9.17, 15) is 0 Å². The van der Waals surface area contributed by atoms with Crippen LogP contribution in [0.15, 0.2) is 48.5 Å². The second-order valence-corrected chi connectivity index (χ2v) is 13.0. The van der Waals surface area contributed by atoms with Gasteiger partial charge in [-0.2, -0.15) is 0 Å². The van der Waals surface area contributed by atoms with Crippen LogP contribution in [0.25, 0.3) is 12.2 Å². The average molecular weight is 384 g/mol. The monoisotopic (exact) mass is 383 g/mol. The first-order valence-electron chi connectivity index (χ1n) is 9.54. The zero-order valence-electron chi connectivity index (χ0n) is 17.5. The molecule has 0 aliphatic rings. The van der Waals surface area contributed by atoms with E-state index < -0.39 is 8.32 Å². The summed E-state index contributed by atoms with van der Waals surface area (Å²) >= 11 is 0. The van der Waals surface area contributed by atoms with Gasteiger partial charge in [0, 0.05) is 12.7 Å². The van der Waals surface area contributed by atoms with Crippen molar-refractivity contribution in [2.24, 2.45) is 0 Å². The van der Waals surface area contributed by atoms with Crippen LogP contribution in [0.1, 0.15) is 31.9 Å². The van der Waals surface area contributed by atoms with Gasteiger partial charge < -0.3 is 14.5 Å². The summed E-state index contributed by atoms with van der Waals surface area (Å²) in [4.78, 5) is 0. The smallest absolute Gasteiger partial charge is 0.192 e. The number of hydrogen-bond acceptors (Lipinski definition) is 3. The number of nitrogens with one attached hydrogen (secondary N) is 1. The van der Waals surface area contributed by atoms with Crippen molar-refractivity contribution in [2.45, 2.75) is 38.9 Å². The van der Waals surface area contributed by atoms with Crippen LogP contribution >= 0.6 is 0 Å². The van der Waals surface area contributed by atoms with Gasteiger partial charge in [0.25, 0.3) is 0 Å². The molecule has 0 heterocycles. The molecule has 2 rings (SSSR count). The normalized spacial score (nSPS) is 12.4. The molecule has 3 nitrogen and oxygen atoms in total. The molecular formula is C23H33NO2Si. The average Bonchev–Trinajstić information content (AvgIpc) is 2.64. The highest BCUT2D eigenvalue weighted by molar-refractivity contribution is 6.74.